The topological polar surface area (TPSA) is 41.6 Å². The molecule has 1 fully saturated rings. The first-order valence-corrected chi connectivity index (χ1v) is 8.56. The van der Waals surface area contributed by atoms with Crippen LogP contribution in [0.25, 0.3) is 0 Å². The van der Waals surface area contributed by atoms with Crippen LogP contribution in [0.5, 0.6) is 0 Å². The molecule has 2 aromatic carbocycles. The van der Waals surface area contributed by atoms with Gasteiger partial charge in [-0.3, -0.25) is 4.79 Å². The maximum absolute atomic E-state index is 12.2. The lowest BCUT2D eigenvalue weighted by atomic mass is 10.1. The molecular weight excluding hydrogens is 324 g/mol. The van der Waals surface area contributed by atoms with Crippen LogP contribution in [0.1, 0.15) is 12.0 Å². The van der Waals surface area contributed by atoms with E-state index in [4.69, 9.17) is 16.3 Å². The first kappa shape index (κ1) is 16.8. The Morgan fingerprint density at radius 1 is 1.12 bits per heavy atom. The number of nitrogens with zero attached hydrogens (tertiary/aromatic N) is 1. The third-order valence-corrected chi connectivity index (χ3v) is 4.41. The van der Waals surface area contributed by atoms with Crippen LogP contribution in [0, 0.1) is 0 Å². The monoisotopic (exact) mass is 344 g/mol. The van der Waals surface area contributed by atoms with Crippen molar-refractivity contribution in [2.45, 2.75) is 12.8 Å². The molecule has 5 heteroatoms. The fourth-order valence-electron chi connectivity index (χ4n) is 2.74. The van der Waals surface area contributed by atoms with E-state index in [0.717, 1.165) is 37.6 Å². The van der Waals surface area contributed by atoms with Gasteiger partial charge < -0.3 is 15.0 Å². The lowest BCUT2D eigenvalue weighted by molar-refractivity contribution is -0.116. The molecule has 0 atom stereocenters. The molecule has 1 aliphatic rings. The first-order valence-electron chi connectivity index (χ1n) is 8.18. The van der Waals surface area contributed by atoms with E-state index < -0.39 is 0 Å². The van der Waals surface area contributed by atoms with Crippen LogP contribution in [0.15, 0.2) is 48.5 Å². The van der Waals surface area contributed by atoms with Crippen molar-refractivity contribution in [1.82, 2.24) is 0 Å². The van der Waals surface area contributed by atoms with Crippen LogP contribution in [0.2, 0.25) is 5.02 Å². The molecule has 0 aromatic heterocycles. The van der Waals surface area contributed by atoms with Crippen molar-refractivity contribution >= 4 is 28.9 Å². The van der Waals surface area contributed by atoms with Gasteiger partial charge >= 0.3 is 0 Å². The minimum atomic E-state index is -0.0279. The third kappa shape index (κ3) is 4.49. The summed E-state index contributed by atoms with van der Waals surface area (Å²) >= 11 is 6.24. The molecule has 0 unspecified atom stereocenters. The summed E-state index contributed by atoms with van der Waals surface area (Å²) < 4.78 is 5.38. The zero-order valence-corrected chi connectivity index (χ0v) is 14.3. The van der Waals surface area contributed by atoms with Gasteiger partial charge in [0.1, 0.15) is 0 Å². The highest BCUT2D eigenvalue weighted by Crippen LogP contribution is 2.28. The van der Waals surface area contributed by atoms with Gasteiger partial charge in [-0.25, -0.2) is 0 Å². The van der Waals surface area contributed by atoms with Gasteiger partial charge in [-0.15, -0.1) is 0 Å². The van der Waals surface area contributed by atoms with Gasteiger partial charge in [-0.1, -0.05) is 41.9 Å². The van der Waals surface area contributed by atoms with E-state index in [1.165, 1.54) is 0 Å². The third-order valence-electron chi connectivity index (χ3n) is 4.08. The molecule has 0 spiro atoms. The number of anilines is 2. The van der Waals surface area contributed by atoms with Crippen molar-refractivity contribution in [1.29, 1.82) is 0 Å². The summed E-state index contributed by atoms with van der Waals surface area (Å²) in [6, 6.07) is 15.7. The van der Waals surface area contributed by atoms with Crippen LogP contribution < -0.4 is 10.2 Å². The molecule has 3 rings (SSSR count). The smallest absolute Gasteiger partial charge is 0.224 e. The van der Waals surface area contributed by atoms with Crippen LogP contribution in [0.3, 0.4) is 0 Å². The zero-order chi connectivity index (χ0) is 16.8. The Morgan fingerprint density at radius 2 is 1.88 bits per heavy atom. The second-order valence-electron chi connectivity index (χ2n) is 5.80. The number of halogens is 1. The fraction of sp³-hybridized carbons (Fsp3) is 0.316. The van der Waals surface area contributed by atoms with Gasteiger partial charge in [0.15, 0.2) is 0 Å². The highest BCUT2D eigenvalue weighted by atomic mass is 35.5. The van der Waals surface area contributed by atoms with E-state index in [1.54, 1.807) is 0 Å². The molecule has 2 aromatic rings. The molecule has 1 heterocycles. The summed E-state index contributed by atoms with van der Waals surface area (Å²) in [7, 11) is 0. The Hall–Kier alpha value is -2.04. The van der Waals surface area contributed by atoms with Gasteiger partial charge in [0.2, 0.25) is 5.91 Å². The molecule has 126 valence electrons. The van der Waals surface area contributed by atoms with Gasteiger partial charge in [0, 0.05) is 25.2 Å². The minimum Gasteiger partial charge on any atom is -0.378 e. The SMILES string of the molecule is O=C(CCc1ccccc1)Nc1cc(N2CCOCC2)ccc1Cl. The Balaban J connectivity index is 1.62. The molecule has 0 saturated carbocycles. The highest BCUT2D eigenvalue weighted by Gasteiger charge is 2.14. The number of amides is 1. The summed E-state index contributed by atoms with van der Waals surface area (Å²) in [5.74, 6) is -0.0279. The second kappa shape index (κ2) is 8.18. The summed E-state index contributed by atoms with van der Waals surface area (Å²) in [4.78, 5) is 14.5. The number of benzene rings is 2. The normalized spacial score (nSPS) is 14.5. The van der Waals surface area contributed by atoms with Crippen molar-refractivity contribution in [3.63, 3.8) is 0 Å². The number of ether oxygens (including phenoxy) is 1. The minimum absolute atomic E-state index is 0.0279. The number of carbonyl (C=O) groups excluding carboxylic acids is 1. The van der Waals surface area contributed by atoms with E-state index in [2.05, 4.69) is 10.2 Å². The van der Waals surface area contributed by atoms with Crippen molar-refractivity contribution in [2.24, 2.45) is 0 Å². The average molecular weight is 345 g/mol. The molecule has 1 N–H and O–H groups in total. The Bertz CT molecular complexity index is 685. The average Bonchev–Trinajstić information content (AvgIpc) is 2.63. The second-order valence-corrected chi connectivity index (χ2v) is 6.20. The van der Waals surface area contributed by atoms with Crippen molar-refractivity contribution in [3.8, 4) is 0 Å². The molecule has 0 radical (unpaired) electrons. The zero-order valence-electron chi connectivity index (χ0n) is 13.5. The molecule has 0 aliphatic carbocycles. The number of hydrogen-bond acceptors (Lipinski definition) is 3. The Kier molecular flexibility index (Phi) is 5.72. The van der Waals surface area contributed by atoms with Gasteiger partial charge in [-0.05, 0) is 30.2 Å². The van der Waals surface area contributed by atoms with Crippen LogP contribution in [-0.4, -0.2) is 32.2 Å². The molecule has 0 bridgehead atoms. The lowest BCUT2D eigenvalue weighted by Crippen LogP contribution is -2.36. The van der Waals surface area contributed by atoms with Crippen molar-refractivity contribution in [2.75, 3.05) is 36.5 Å². The van der Waals surface area contributed by atoms with Gasteiger partial charge in [0.05, 0.1) is 23.9 Å². The quantitative estimate of drug-likeness (QED) is 0.898. The predicted octanol–water partition coefficient (Wildman–Crippen LogP) is 3.75. The standard InChI is InChI=1S/C19H21ClN2O2/c20-17-8-7-16(22-10-12-24-13-11-22)14-18(17)21-19(23)9-6-15-4-2-1-3-5-15/h1-5,7-8,14H,6,9-13H2,(H,21,23). The van der Waals surface area contributed by atoms with Gasteiger partial charge in [-0.2, -0.15) is 0 Å². The Labute approximate surface area is 147 Å². The Morgan fingerprint density at radius 3 is 2.62 bits per heavy atom. The van der Waals surface area contributed by atoms with Crippen molar-refractivity contribution < 1.29 is 9.53 Å². The van der Waals surface area contributed by atoms with E-state index in [9.17, 15) is 4.79 Å². The summed E-state index contributed by atoms with van der Waals surface area (Å²) in [5.41, 5.74) is 2.88. The fourth-order valence-corrected chi connectivity index (χ4v) is 2.91. The number of rotatable bonds is 5. The molecule has 4 nitrogen and oxygen atoms in total. The number of morpholine rings is 1. The van der Waals surface area contributed by atoms with E-state index >= 15 is 0 Å². The van der Waals surface area contributed by atoms with E-state index in [0.29, 0.717) is 23.6 Å². The summed E-state index contributed by atoms with van der Waals surface area (Å²) in [6.07, 6.45) is 1.15. The highest BCUT2D eigenvalue weighted by molar-refractivity contribution is 6.33. The lowest BCUT2D eigenvalue weighted by Gasteiger charge is -2.29. The number of hydrogen-bond donors (Lipinski definition) is 1. The van der Waals surface area contributed by atoms with Crippen molar-refractivity contribution in [3.05, 3.63) is 59.1 Å². The van der Waals surface area contributed by atoms with Gasteiger partial charge in [0.25, 0.3) is 0 Å². The molecule has 1 aliphatic heterocycles. The number of aryl methyl sites for hydroxylation is 1. The van der Waals surface area contributed by atoms with Crippen LogP contribution >= 0.6 is 11.6 Å². The number of nitrogens with one attached hydrogen (secondary N) is 1. The molecule has 24 heavy (non-hydrogen) atoms. The first-order chi connectivity index (χ1) is 11.7. The largest absolute Gasteiger partial charge is 0.378 e. The number of carbonyl (C=O) groups is 1. The van der Waals surface area contributed by atoms with E-state index in [-0.39, 0.29) is 5.91 Å². The van der Waals surface area contributed by atoms with Crippen LogP contribution in [-0.2, 0) is 16.0 Å². The van der Waals surface area contributed by atoms with E-state index in [1.807, 2.05) is 48.5 Å². The summed E-state index contributed by atoms with van der Waals surface area (Å²) in [5, 5.41) is 3.49. The molecule has 1 amide bonds. The summed E-state index contributed by atoms with van der Waals surface area (Å²) in [6.45, 7) is 3.15. The predicted molar refractivity (Wildman–Crippen MR) is 97.9 cm³/mol. The maximum atomic E-state index is 12.2. The maximum Gasteiger partial charge on any atom is 0.224 e. The molecule has 1 saturated heterocycles. The van der Waals surface area contributed by atoms with Crippen LogP contribution in [0.4, 0.5) is 11.4 Å². The molecular formula is C19H21ClN2O2.